The van der Waals surface area contributed by atoms with E-state index in [0.717, 1.165) is 5.56 Å². The van der Waals surface area contributed by atoms with Crippen molar-refractivity contribution in [1.29, 1.82) is 0 Å². The maximum absolute atomic E-state index is 11.0. The standard InChI is InChI=1S/C11H14N2O2/c1-2-15-11(14)5-3-4-9-6-7-13-8-10(9)12/h3-4,6-8H,2,5,12H2,1H3. The van der Waals surface area contributed by atoms with E-state index in [9.17, 15) is 4.79 Å². The molecule has 0 aliphatic rings. The monoisotopic (exact) mass is 206 g/mol. The Kier molecular flexibility index (Phi) is 4.34. The predicted octanol–water partition coefficient (Wildman–Crippen LogP) is 1.63. The molecule has 1 aromatic heterocycles. The summed E-state index contributed by atoms with van der Waals surface area (Å²) in [5.74, 6) is -0.235. The largest absolute Gasteiger partial charge is 0.466 e. The number of nitrogens with two attached hydrogens (primary N) is 1. The van der Waals surface area contributed by atoms with Crippen LogP contribution in [0.3, 0.4) is 0 Å². The summed E-state index contributed by atoms with van der Waals surface area (Å²) in [6.07, 6.45) is 7.00. The van der Waals surface area contributed by atoms with Gasteiger partial charge in [0.25, 0.3) is 0 Å². The fourth-order valence-corrected chi connectivity index (χ4v) is 1.07. The van der Waals surface area contributed by atoms with Gasteiger partial charge in [-0.25, -0.2) is 0 Å². The van der Waals surface area contributed by atoms with Crippen molar-refractivity contribution >= 4 is 17.7 Å². The van der Waals surface area contributed by atoms with Gasteiger partial charge in [-0.05, 0) is 13.0 Å². The molecule has 0 amide bonds. The van der Waals surface area contributed by atoms with E-state index in [-0.39, 0.29) is 12.4 Å². The molecule has 0 aromatic carbocycles. The summed E-state index contributed by atoms with van der Waals surface area (Å²) in [6, 6.07) is 1.79. The molecular weight excluding hydrogens is 192 g/mol. The summed E-state index contributed by atoms with van der Waals surface area (Å²) in [5, 5.41) is 0. The lowest BCUT2D eigenvalue weighted by molar-refractivity contribution is -0.142. The summed E-state index contributed by atoms with van der Waals surface area (Å²) in [5.41, 5.74) is 7.12. The molecule has 2 N–H and O–H groups in total. The molecule has 0 unspecified atom stereocenters. The minimum absolute atomic E-state index is 0.235. The van der Waals surface area contributed by atoms with Gasteiger partial charge in [0.05, 0.1) is 24.9 Å². The van der Waals surface area contributed by atoms with Gasteiger partial charge in [-0.3, -0.25) is 9.78 Å². The van der Waals surface area contributed by atoms with E-state index in [0.29, 0.717) is 12.3 Å². The van der Waals surface area contributed by atoms with Gasteiger partial charge >= 0.3 is 5.97 Å². The molecule has 0 aliphatic heterocycles. The van der Waals surface area contributed by atoms with E-state index >= 15 is 0 Å². The van der Waals surface area contributed by atoms with Crippen LogP contribution in [0.15, 0.2) is 24.5 Å². The molecule has 80 valence electrons. The highest BCUT2D eigenvalue weighted by atomic mass is 16.5. The summed E-state index contributed by atoms with van der Waals surface area (Å²) in [6.45, 7) is 2.19. The number of nitrogens with zero attached hydrogens (tertiary/aromatic N) is 1. The molecule has 0 saturated heterocycles. The van der Waals surface area contributed by atoms with Gasteiger partial charge < -0.3 is 10.5 Å². The average Bonchev–Trinajstić information content (AvgIpc) is 2.21. The van der Waals surface area contributed by atoms with Crippen LogP contribution in [0, 0.1) is 0 Å². The van der Waals surface area contributed by atoms with Crippen molar-refractivity contribution < 1.29 is 9.53 Å². The highest BCUT2D eigenvalue weighted by Gasteiger charge is 1.97. The van der Waals surface area contributed by atoms with Crippen LogP contribution in [-0.4, -0.2) is 17.6 Å². The normalized spacial score (nSPS) is 10.5. The minimum Gasteiger partial charge on any atom is -0.466 e. The molecule has 15 heavy (non-hydrogen) atoms. The first kappa shape index (κ1) is 11.2. The average molecular weight is 206 g/mol. The highest BCUT2D eigenvalue weighted by Crippen LogP contribution is 2.10. The molecule has 0 aliphatic carbocycles. The Labute approximate surface area is 88.8 Å². The van der Waals surface area contributed by atoms with Crippen LogP contribution in [0.2, 0.25) is 0 Å². The van der Waals surface area contributed by atoms with E-state index in [1.807, 2.05) is 0 Å². The second-order valence-electron chi connectivity index (χ2n) is 2.92. The van der Waals surface area contributed by atoms with E-state index in [1.165, 1.54) is 0 Å². The van der Waals surface area contributed by atoms with Gasteiger partial charge in [-0.1, -0.05) is 12.2 Å². The number of rotatable bonds is 4. The number of anilines is 1. The summed E-state index contributed by atoms with van der Waals surface area (Å²) >= 11 is 0. The molecule has 0 saturated carbocycles. The minimum atomic E-state index is -0.235. The number of hydrogen-bond acceptors (Lipinski definition) is 4. The number of nitrogen functional groups attached to an aromatic ring is 1. The number of aromatic nitrogens is 1. The first-order valence-corrected chi connectivity index (χ1v) is 4.75. The topological polar surface area (TPSA) is 65.2 Å². The van der Waals surface area contributed by atoms with Crippen molar-refractivity contribution in [2.24, 2.45) is 0 Å². The third kappa shape index (κ3) is 3.81. The van der Waals surface area contributed by atoms with Crippen LogP contribution in [0.1, 0.15) is 18.9 Å². The van der Waals surface area contributed by atoms with Crippen molar-refractivity contribution in [2.75, 3.05) is 12.3 Å². The van der Waals surface area contributed by atoms with Crippen LogP contribution >= 0.6 is 0 Å². The van der Waals surface area contributed by atoms with Crippen molar-refractivity contribution in [3.8, 4) is 0 Å². The van der Waals surface area contributed by atoms with Crippen molar-refractivity contribution in [3.05, 3.63) is 30.1 Å². The molecule has 4 heteroatoms. The first-order valence-electron chi connectivity index (χ1n) is 4.75. The zero-order valence-corrected chi connectivity index (χ0v) is 8.64. The van der Waals surface area contributed by atoms with Crippen molar-refractivity contribution in [3.63, 3.8) is 0 Å². The van der Waals surface area contributed by atoms with Crippen LogP contribution in [0.5, 0.6) is 0 Å². The maximum Gasteiger partial charge on any atom is 0.309 e. The lowest BCUT2D eigenvalue weighted by Gasteiger charge is -1.98. The SMILES string of the molecule is CCOC(=O)CC=Cc1ccncc1N. The van der Waals surface area contributed by atoms with Crippen LogP contribution in [-0.2, 0) is 9.53 Å². The summed E-state index contributed by atoms with van der Waals surface area (Å²) in [4.78, 5) is 14.9. The molecule has 0 fully saturated rings. The van der Waals surface area contributed by atoms with Crippen LogP contribution < -0.4 is 5.73 Å². The molecule has 0 bridgehead atoms. The zero-order chi connectivity index (χ0) is 11.1. The number of esters is 1. The molecule has 0 radical (unpaired) electrons. The number of hydrogen-bond donors (Lipinski definition) is 1. The Bertz CT molecular complexity index is 361. The molecule has 0 atom stereocenters. The fourth-order valence-electron chi connectivity index (χ4n) is 1.07. The lowest BCUT2D eigenvalue weighted by atomic mass is 10.2. The van der Waals surface area contributed by atoms with Crippen LogP contribution in [0.4, 0.5) is 5.69 Å². The Morgan fingerprint density at radius 3 is 3.13 bits per heavy atom. The Morgan fingerprint density at radius 2 is 2.47 bits per heavy atom. The zero-order valence-electron chi connectivity index (χ0n) is 8.64. The summed E-state index contributed by atoms with van der Waals surface area (Å²) < 4.78 is 4.78. The van der Waals surface area contributed by atoms with E-state index in [2.05, 4.69) is 4.98 Å². The van der Waals surface area contributed by atoms with Crippen LogP contribution in [0.25, 0.3) is 6.08 Å². The van der Waals surface area contributed by atoms with Gasteiger partial charge in [0.15, 0.2) is 0 Å². The second kappa shape index (κ2) is 5.80. The van der Waals surface area contributed by atoms with Gasteiger partial charge in [0.1, 0.15) is 0 Å². The molecular formula is C11H14N2O2. The molecule has 1 rings (SSSR count). The smallest absolute Gasteiger partial charge is 0.309 e. The highest BCUT2D eigenvalue weighted by molar-refractivity contribution is 5.73. The van der Waals surface area contributed by atoms with E-state index in [4.69, 9.17) is 10.5 Å². The third-order valence-electron chi connectivity index (χ3n) is 1.77. The van der Waals surface area contributed by atoms with Gasteiger partial charge in [0.2, 0.25) is 0 Å². The van der Waals surface area contributed by atoms with Gasteiger partial charge in [0, 0.05) is 11.8 Å². The van der Waals surface area contributed by atoms with E-state index < -0.39 is 0 Å². The Hall–Kier alpha value is -1.84. The molecule has 0 spiro atoms. The first-order chi connectivity index (χ1) is 7.24. The number of carbonyl (C=O) groups excluding carboxylic acids is 1. The Morgan fingerprint density at radius 1 is 1.67 bits per heavy atom. The number of pyridine rings is 1. The van der Waals surface area contributed by atoms with Crippen molar-refractivity contribution in [1.82, 2.24) is 4.98 Å². The van der Waals surface area contributed by atoms with Gasteiger partial charge in [-0.15, -0.1) is 0 Å². The fraction of sp³-hybridized carbons (Fsp3) is 0.273. The van der Waals surface area contributed by atoms with Crippen molar-refractivity contribution in [2.45, 2.75) is 13.3 Å². The number of carbonyl (C=O) groups is 1. The second-order valence-corrected chi connectivity index (χ2v) is 2.92. The lowest BCUT2D eigenvalue weighted by Crippen LogP contribution is -2.01. The quantitative estimate of drug-likeness (QED) is 0.760. The predicted molar refractivity (Wildman–Crippen MR) is 58.9 cm³/mol. The maximum atomic E-state index is 11.0. The number of ether oxygens (including phenoxy) is 1. The third-order valence-corrected chi connectivity index (χ3v) is 1.77. The molecule has 1 aromatic rings. The van der Waals surface area contributed by atoms with E-state index in [1.54, 1.807) is 37.5 Å². The summed E-state index contributed by atoms with van der Waals surface area (Å²) in [7, 11) is 0. The molecule has 4 nitrogen and oxygen atoms in total. The Balaban J connectivity index is 2.52. The molecule has 1 heterocycles. The van der Waals surface area contributed by atoms with Gasteiger partial charge in [-0.2, -0.15) is 0 Å².